The number of hydrogen-bond donors (Lipinski definition) is 0. The van der Waals surface area contributed by atoms with Crippen molar-refractivity contribution in [3.05, 3.63) is 39.9 Å². The van der Waals surface area contributed by atoms with Crippen LogP contribution in [0.25, 0.3) is 5.82 Å². The zero-order valence-electron chi connectivity index (χ0n) is 16.5. The average molecular weight is 371 g/mol. The van der Waals surface area contributed by atoms with Gasteiger partial charge in [-0.2, -0.15) is 5.10 Å². The van der Waals surface area contributed by atoms with Crippen molar-refractivity contribution < 1.29 is 0 Å². The molecule has 0 bridgehead atoms. The first-order valence-corrected chi connectivity index (χ1v) is 10.2. The van der Waals surface area contributed by atoms with Crippen molar-refractivity contribution >= 4 is 0 Å². The molecular weight excluding hydrogens is 340 g/mol. The Kier molecular flexibility index (Phi) is 5.41. The maximum atomic E-state index is 12.2. The Labute approximate surface area is 160 Å². The van der Waals surface area contributed by atoms with Gasteiger partial charge in [0.05, 0.1) is 12.2 Å². The summed E-state index contributed by atoms with van der Waals surface area (Å²) >= 11 is 0. The van der Waals surface area contributed by atoms with Crippen molar-refractivity contribution in [2.75, 3.05) is 32.7 Å². The molecule has 146 valence electrons. The average Bonchev–Trinajstić information content (AvgIpc) is 3.31. The first-order valence-electron chi connectivity index (χ1n) is 10.2. The van der Waals surface area contributed by atoms with Gasteiger partial charge in [0.25, 0.3) is 5.56 Å². The highest BCUT2D eigenvalue weighted by Gasteiger charge is 2.25. The second-order valence-electron chi connectivity index (χ2n) is 7.91. The maximum absolute atomic E-state index is 12.2. The maximum Gasteiger partial charge on any atom is 0.266 e. The molecular formula is C20H30N6O. The van der Waals surface area contributed by atoms with Crippen molar-refractivity contribution in [1.82, 2.24) is 29.4 Å². The highest BCUT2D eigenvalue weighted by atomic mass is 16.1. The SMILES string of the molecule is Cc1cc(C)n(-c2ccc(=O)n(CCN3CCN(C4CCCC4)CC3)n2)n1. The molecule has 1 saturated heterocycles. The fraction of sp³-hybridized carbons (Fsp3) is 0.650. The van der Waals surface area contributed by atoms with Crippen LogP contribution in [-0.4, -0.2) is 68.1 Å². The van der Waals surface area contributed by atoms with Gasteiger partial charge in [-0.05, 0) is 38.8 Å². The summed E-state index contributed by atoms with van der Waals surface area (Å²) in [5.74, 6) is 0.700. The fourth-order valence-corrected chi connectivity index (χ4v) is 4.43. The molecule has 2 aromatic heterocycles. The minimum atomic E-state index is -0.0510. The minimum absolute atomic E-state index is 0.0510. The number of aryl methyl sites for hydroxylation is 2. The highest BCUT2D eigenvalue weighted by molar-refractivity contribution is 5.23. The van der Waals surface area contributed by atoms with E-state index in [9.17, 15) is 4.79 Å². The largest absolute Gasteiger partial charge is 0.299 e. The second kappa shape index (κ2) is 7.94. The molecule has 7 nitrogen and oxygen atoms in total. The van der Waals surface area contributed by atoms with Crippen LogP contribution in [0.15, 0.2) is 23.0 Å². The zero-order chi connectivity index (χ0) is 18.8. The van der Waals surface area contributed by atoms with Gasteiger partial charge in [-0.1, -0.05) is 12.8 Å². The van der Waals surface area contributed by atoms with Crippen molar-refractivity contribution in [2.24, 2.45) is 0 Å². The van der Waals surface area contributed by atoms with Crippen LogP contribution in [0.3, 0.4) is 0 Å². The quantitative estimate of drug-likeness (QED) is 0.800. The van der Waals surface area contributed by atoms with Gasteiger partial charge in [0.2, 0.25) is 0 Å². The number of rotatable bonds is 5. The van der Waals surface area contributed by atoms with E-state index in [1.165, 1.54) is 25.7 Å². The van der Waals surface area contributed by atoms with Crippen LogP contribution >= 0.6 is 0 Å². The van der Waals surface area contributed by atoms with Crippen molar-refractivity contribution in [3.8, 4) is 5.82 Å². The van der Waals surface area contributed by atoms with E-state index in [0.29, 0.717) is 12.4 Å². The monoisotopic (exact) mass is 370 g/mol. The smallest absolute Gasteiger partial charge is 0.266 e. The van der Waals surface area contributed by atoms with Gasteiger partial charge in [-0.25, -0.2) is 9.36 Å². The lowest BCUT2D eigenvalue weighted by molar-refractivity contribution is 0.0947. The van der Waals surface area contributed by atoms with E-state index >= 15 is 0 Å². The standard InChI is InChI=1S/C20H30N6O/c1-16-15-17(2)26(21-16)19-7-8-20(27)25(22-19)14-11-23-9-12-24(13-10-23)18-5-3-4-6-18/h7-8,15,18H,3-6,9-14H2,1-2H3. The first-order chi connectivity index (χ1) is 13.1. The fourth-order valence-electron chi connectivity index (χ4n) is 4.43. The van der Waals surface area contributed by atoms with E-state index in [2.05, 4.69) is 20.0 Å². The molecule has 2 fully saturated rings. The highest BCUT2D eigenvalue weighted by Crippen LogP contribution is 2.24. The Balaban J connectivity index is 1.36. The molecule has 1 aliphatic heterocycles. The zero-order valence-corrected chi connectivity index (χ0v) is 16.5. The molecule has 0 atom stereocenters. The molecule has 0 spiro atoms. The number of hydrogen-bond acceptors (Lipinski definition) is 5. The summed E-state index contributed by atoms with van der Waals surface area (Å²) < 4.78 is 3.38. The Hall–Kier alpha value is -1.99. The molecule has 2 aromatic rings. The Morgan fingerprint density at radius 3 is 2.41 bits per heavy atom. The van der Waals surface area contributed by atoms with E-state index < -0.39 is 0 Å². The predicted octanol–water partition coefficient (Wildman–Crippen LogP) is 1.61. The van der Waals surface area contributed by atoms with Gasteiger partial charge in [0, 0.05) is 50.5 Å². The van der Waals surface area contributed by atoms with Gasteiger partial charge in [0.1, 0.15) is 0 Å². The Morgan fingerprint density at radius 2 is 1.74 bits per heavy atom. The summed E-state index contributed by atoms with van der Waals surface area (Å²) in [7, 11) is 0. The molecule has 1 aliphatic carbocycles. The van der Waals surface area contributed by atoms with Crippen molar-refractivity contribution in [3.63, 3.8) is 0 Å². The molecule has 1 saturated carbocycles. The van der Waals surface area contributed by atoms with Crippen molar-refractivity contribution in [1.29, 1.82) is 0 Å². The molecule has 4 rings (SSSR count). The third-order valence-electron chi connectivity index (χ3n) is 5.96. The van der Waals surface area contributed by atoms with Crippen LogP contribution in [0.4, 0.5) is 0 Å². The van der Waals surface area contributed by atoms with Crippen LogP contribution < -0.4 is 5.56 Å². The summed E-state index contributed by atoms with van der Waals surface area (Å²) in [6.45, 7) is 9.93. The lowest BCUT2D eigenvalue weighted by Crippen LogP contribution is -2.50. The lowest BCUT2D eigenvalue weighted by atomic mass is 10.2. The van der Waals surface area contributed by atoms with E-state index in [1.807, 2.05) is 19.9 Å². The molecule has 27 heavy (non-hydrogen) atoms. The molecule has 0 aromatic carbocycles. The molecule has 0 N–H and O–H groups in total. The summed E-state index contributed by atoms with van der Waals surface area (Å²) in [5.41, 5.74) is 1.92. The summed E-state index contributed by atoms with van der Waals surface area (Å²) in [6, 6.07) is 6.17. The van der Waals surface area contributed by atoms with Gasteiger partial charge in [-0.3, -0.25) is 14.6 Å². The first kappa shape index (κ1) is 18.4. The summed E-state index contributed by atoms with van der Waals surface area (Å²) in [4.78, 5) is 17.4. The van der Waals surface area contributed by atoms with Crippen LogP contribution in [0, 0.1) is 13.8 Å². The lowest BCUT2D eigenvalue weighted by Gasteiger charge is -2.38. The van der Waals surface area contributed by atoms with Crippen LogP contribution in [0.1, 0.15) is 37.1 Å². The molecule has 3 heterocycles. The second-order valence-corrected chi connectivity index (χ2v) is 7.91. The van der Waals surface area contributed by atoms with Gasteiger partial charge >= 0.3 is 0 Å². The molecule has 0 amide bonds. The predicted molar refractivity (Wildman–Crippen MR) is 105 cm³/mol. The number of aromatic nitrogens is 4. The van der Waals surface area contributed by atoms with E-state index in [-0.39, 0.29) is 5.56 Å². The van der Waals surface area contributed by atoms with E-state index in [1.54, 1.807) is 21.5 Å². The van der Waals surface area contributed by atoms with Gasteiger partial charge in [0.15, 0.2) is 5.82 Å². The Bertz CT molecular complexity index is 827. The van der Waals surface area contributed by atoms with E-state index in [4.69, 9.17) is 0 Å². The summed E-state index contributed by atoms with van der Waals surface area (Å²) in [6.07, 6.45) is 5.53. The van der Waals surface area contributed by atoms with Crippen molar-refractivity contribution in [2.45, 2.75) is 52.1 Å². The third-order valence-corrected chi connectivity index (χ3v) is 5.96. The van der Waals surface area contributed by atoms with Gasteiger partial charge < -0.3 is 0 Å². The number of nitrogens with zero attached hydrogens (tertiary/aromatic N) is 6. The Morgan fingerprint density at radius 1 is 1.00 bits per heavy atom. The van der Waals surface area contributed by atoms with Crippen LogP contribution in [0.2, 0.25) is 0 Å². The molecule has 7 heteroatoms. The van der Waals surface area contributed by atoms with Crippen LogP contribution in [0.5, 0.6) is 0 Å². The molecule has 2 aliphatic rings. The van der Waals surface area contributed by atoms with E-state index in [0.717, 1.165) is 50.2 Å². The summed E-state index contributed by atoms with van der Waals surface area (Å²) in [5, 5.41) is 9.02. The van der Waals surface area contributed by atoms with Crippen LogP contribution in [-0.2, 0) is 6.54 Å². The van der Waals surface area contributed by atoms with Gasteiger partial charge in [-0.15, -0.1) is 5.10 Å². The normalized spacial score (nSPS) is 19.8. The topological polar surface area (TPSA) is 59.2 Å². The number of piperazine rings is 1. The molecule has 0 radical (unpaired) electrons. The minimum Gasteiger partial charge on any atom is -0.299 e. The third kappa shape index (κ3) is 4.14. The molecule has 0 unspecified atom stereocenters.